The number of nitrogens with zero attached hydrogens (tertiary/aromatic N) is 1. The highest BCUT2D eigenvalue weighted by atomic mass is 35.5. The maximum atomic E-state index is 13.0. The van der Waals surface area contributed by atoms with Crippen molar-refractivity contribution in [3.05, 3.63) is 46.5 Å². The molecule has 37 heavy (non-hydrogen) atoms. The smallest absolute Gasteiger partial charge is 0.378 e. The first-order valence-corrected chi connectivity index (χ1v) is 12.7. The lowest BCUT2D eigenvalue weighted by molar-refractivity contribution is -0.137. The Morgan fingerprint density at radius 3 is 2.57 bits per heavy atom. The second-order valence-electron chi connectivity index (χ2n) is 9.43. The number of aromatic nitrogens is 2. The SMILES string of the molecule is O=C(CCC1CCCO1)c1nc[nH]c1C(=O)NC1CCC(C(=O)Nc2cc(C(F)(F)F)ccc2Cl)CC1. The second kappa shape index (κ2) is 11.6. The van der Waals surface area contributed by atoms with Crippen LogP contribution in [0.1, 0.15) is 77.9 Å². The van der Waals surface area contributed by atoms with Crippen LogP contribution in [0.25, 0.3) is 0 Å². The summed E-state index contributed by atoms with van der Waals surface area (Å²) in [7, 11) is 0. The highest BCUT2D eigenvalue weighted by Gasteiger charge is 2.32. The van der Waals surface area contributed by atoms with Gasteiger partial charge in [0, 0.05) is 25.0 Å². The lowest BCUT2D eigenvalue weighted by Crippen LogP contribution is -2.40. The molecule has 2 amide bonds. The molecule has 1 atom stereocenters. The number of carbonyl (C=O) groups is 3. The molecule has 1 aromatic heterocycles. The molecule has 2 heterocycles. The van der Waals surface area contributed by atoms with Gasteiger partial charge in [0.25, 0.3) is 5.91 Å². The van der Waals surface area contributed by atoms with Gasteiger partial charge >= 0.3 is 6.18 Å². The quantitative estimate of drug-likeness (QED) is 0.401. The Balaban J connectivity index is 1.27. The van der Waals surface area contributed by atoms with Crippen LogP contribution in [0.15, 0.2) is 24.5 Å². The third kappa shape index (κ3) is 6.89. The maximum absolute atomic E-state index is 13.0. The lowest BCUT2D eigenvalue weighted by Gasteiger charge is -2.28. The van der Waals surface area contributed by atoms with Crippen molar-refractivity contribution in [1.82, 2.24) is 15.3 Å². The van der Waals surface area contributed by atoms with Crippen LogP contribution >= 0.6 is 11.6 Å². The van der Waals surface area contributed by atoms with Crippen LogP contribution < -0.4 is 10.6 Å². The average Bonchev–Trinajstić information content (AvgIpc) is 3.56. The third-order valence-electron chi connectivity index (χ3n) is 6.83. The number of H-pyrrole nitrogens is 1. The molecule has 0 radical (unpaired) electrons. The molecule has 2 aliphatic rings. The summed E-state index contributed by atoms with van der Waals surface area (Å²) in [4.78, 5) is 44.9. The number of ether oxygens (including phenoxy) is 1. The van der Waals surface area contributed by atoms with Gasteiger partial charge in [-0.3, -0.25) is 14.4 Å². The van der Waals surface area contributed by atoms with E-state index < -0.39 is 29.5 Å². The van der Waals surface area contributed by atoms with Crippen LogP contribution in [0.2, 0.25) is 5.02 Å². The summed E-state index contributed by atoms with van der Waals surface area (Å²) in [6, 6.07) is 2.56. The van der Waals surface area contributed by atoms with Crippen molar-refractivity contribution in [2.75, 3.05) is 11.9 Å². The zero-order valence-corrected chi connectivity index (χ0v) is 20.8. The molecule has 8 nitrogen and oxygen atoms in total. The molecule has 2 fully saturated rings. The van der Waals surface area contributed by atoms with Gasteiger partial charge < -0.3 is 20.4 Å². The molecule has 0 spiro atoms. The number of halogens is 4. The first kappa shape index (κ1) is 27.1. The van der Waals surface area contributed by atoms with Gasteiger partial charge in [0.15, 0.2) is 5.78 Å². The Morgan fingerprint density at radius 2 is 1.89 bits per heavy atom. The van der Waals surface area contributed by atoms with E-state index in [-0.39, 0.29) is 46.4 Å². The van der Waals surface area contributed by atoms with Crippen LogP contribution in [-0.2, 0) is 15.7 Å². The zero-order valence-electron chi connectivity index (χ0n) is 20.0. The number of rotatable bonds is 8. The number of amides is 2. The van der Waals surface area contributed by atoms with E-state index in [0.29, 0.717) is 38.7 Å². The second-order valence-corrected chi connectivity index (χ2v) is 9.83. The van der Waals surface area contributed by atoms with E-state index in [1.165, 1.54) is 6.33 Å². The van der Waals surface area contributed by atoms with E-state index in [0.717, 1.165) is 31.0 Å². The molecule has 0 bridgehead atoms. The Kier molecular flexibility index (Phi) is 8.53. The van der Waals surface area contributed by atoms with Gasteiger partial charge in [0.2, 0.25) is 5.91 Å². The summed E-state index contributed by atoms with van der Waals surface area (Å²) in [5, 5.41) is 5.41. The van der Waals surface area contributed by atoms with Gasteiger partial charge in [-0.1, -0.05) is 11.6 Å². The van der Waals surface area contributed by atoms with Gasteiger partial charge in [-0.25, -0.2) is 4.98 Å². The molecule has 4 rings (SSSR count). The Hall–Kier alpha value is -2.92. The molecule has 1 aromatic carbocycles. The van der Waals surface area contributed by atoms with Crippen LogP contribution in [0.3, 0.4) is 0 Å². The van der Waals surface area contributed by atoms with Crippen LogP contribution in [0.4, 0.5) is 18.9 Å². The Labute approximate surface area is 216 Å². The predicted octanol–water partition coefficient (Wildman–Crippen LogP) is 5.15. The number of nitrogens with one attached hydrogen (secondary N) is 3. The summed E-state index contributed by atoms with van der Waals surface area (Å²) in [6.07, 6.45) is 1.43. The number of aromatic amines is 1. The predicted molar refractivity (Wildman–Crippen MR) is 129 cm³/mol. The minimum absolute atomic E-state index is 0.0166. The van der Waals surface area contributed by atoms with Crippen molar-refractivity contribution in [2.45, 2.75) is 69.7 Å². The molecule has 12 heteroatoms. The molecule has 1 aliphatic carbocycles. The molecule has 3 N–H and O–H groups in total. The van der Waals surface area contributed by atoms with Crippen molar-refractivity contribution >= 4 is 34.9 Å². The molecule has 1 saturated carbocycles. The largest absolute Gasteiger partial charge is 0.416 e. The Bertz CT molecular complexity index is 1140. The number of alkyl halides is 3. The maximum Gasteiger partial charge on any atom is 0.416 e. The van der Waals surface area contributed by atoms with E-state index in [9.17, 15) is 27.6 Å². The molecule has 1 aliphatic heterocycles. The summed E-state index contributed by atoms with van der Waals surface area (Å²) >= 11 is 5.98. The average molecular weight is 541 g/mol. The standard InChI is InChI=1S/C25H28ClF3N4O4/c26-18-9-5-15(25(27,28)29)12-19(18)33-23(35)14-3-6-16(7-4-14)32-24(36)22-21(30-13-31-22)20(34)10-8-17-2-1-11-37-17/h5,9,12-14,16-17H,1-4,6-8,10-11H2,(H,30,31)(H,32,36)(H,33,35). The highest BCUT2D eigenvalue weighted by Crippen LogP contribution is 2.34. The number of Topliss-reactive ketones (excluding diaryl/α,β-unsaturated/α-hetero) is 1. The van der Waals surface area contributed by atoms with E-state index >= 15 is 0 Å². The van der Waals surface area contributed by atoms with E-state index in [1.807, 2.05) is 0 Å². The first-order valence-electron chi connectivity index (χ1n) is 12.3. The monoisotopic (exact) mass is 540 g/mol. The minimum Gasteiger partial charge on any atom is -0.378 e. The van der Waals surface area contributed by atoms with Gasteiger partial charge in [-0.05, 0) is 63.1 Å². The van der Waals surface area contributed by atoms with Crippen LogP contribution in [-0.4, -0.2) is 46.3 Å². The number of hydrogen-bond acceptors (Lipinski definition) is 5. The Morgan fingerprint density at radius 1 is 1.14 bits per heavy atom. The van der Waals surface area contributed by atoms with E-state index in [4.69, 9.17) is 16.3 Å². The van der Waals surface area contributed by atoms with Gasteiger partial charge in [-0.15, -0.1) is 0 Å². The van der Waals surface area contributed by atoms with Crippen molar-refractivity contribution in [3.63, 3.8) is 0 Å². The number of benzene rings is 1. The van der Waals surface area contributed by atoms with Crippen molar-refractivity contribution in [1.29, 1.82) is 0 Å². The lowest BCUT2D eigenvalue weighted by atomic mass is 9.85. The number of hydrogen-bond donors (Lipinski definition) is 3. The molecule has 1 saturated heterocycles. The van der Waals surface area contributed by atoms with E-state index in [1.54, 1.807) is 0 Å². The number of ketones is 1. The fourth-order valence-corrected chi connectivity index (χ4v) is 4.92. The summed E-state index contributed by atoms with van der Waals surface area (Å²) in [5.41, 5.74) is -0.784. The van der Waals surface area contributed by atoms with Gasteiger partial charge in [0.05, 0.1) is 28.7 Å². The fourth-order valence-electron chi connectivity index (χ4n) is 4.75. The van der Waals surface area contributed by atoms with Crippen molar-refractivity contribution < 1.29 is 32.3 Å². The van der Waals surface area contributed by atoms with Crippen molar-refractivity contribution in [2.24, 2.45) is 5.92 Å². The summed E-state index contributed by atoms with van der Waals surface area (Å²) in [6.45, 7) is 0.706. The highest BCUT2D eigenvalue weighted by molar-refractivity contribution is 6.33. The number of carbonyl (C=O) groups excluding carboxylic acids is 3. The normalized spacial score (nSPS) is 22.0. The number of anilines is 1. The summed E-state index contributed by atoms with van der Waals surface area (Å²) < 4.78 is 44.5. The van der Waals surface area contributed by atoms with Crippen molar-refractivity contribution in [3.8, 4) is 0 Å². The molecular formula is C25H28ClF3N4O4. The number of imidazole rings is 1. The molecule has 200 valence electrons. The molecule has 2 aromatic rings. The van der Waals surface area contributed by atoms with E-state index in [2.05, 4.69) is 20.6 Å². The topological polar surface area (TPSA) is 113 Å². The third-order valence-corrected chi connectivity index (χ3v) is 7.16. The van der Waals surface area contributed by atoms with Crippen LogP contribution in [0, 0.1) is 5.92 Å². The van der Waals surface area contributed by atoms with Gasteiger partial charge in [0.1, 0.15) is 11.4 Å². The van der Waals surface area contributed by atoms with Gasteiger partial charge in [-0.2, -0.15) is 13.2 Å². The summed E-state index contributed by atoms with van der Waals surface area (Å²) in [5.74, 6) is -1.52. The first-order chi connectivity index (χ1) is 17.6. The molecule has 1 unspecified atom stereocenters. The minimum atomic E-state index is -4.55. The molecular weight excluding hydrogens is 513 g/mol. The van der Waals surface area contributed by atoms with Crippen LogP contribution in [0.5, 0.6) is 0 Å². The zero-order chi connectivity index (χ0) is 26.6. The fraction of sp³-hybridized carbons (Fsp3) is 0.520.